The standard InChI is InChI=1S/C23H28N5O3/c1-15-5-6-16(2)18(13-15)14-28-22(30)20-19(7-8-24-21(20)25(4)23(28)31)27-11-9-26(10-12-27)17(3)29/h5-8,13,20H,9-12,14H2,1-4H3/q+1. The van der Waals surface area contributed by atoms with E-state index in [9.17, 15) is 14.4 Å². The first-order valence-electron chi connectivity index (χ1n) is 10.5. The average molecular weight is 423 g/mol. The van der Waals surface area contributed by atoms with Crippen LogP contribution in [0.2, 0.25) is 0 Å². The number of amides is 4. The van der Waals surface area contributed by atoms with Gasteiger partial charge in [0, 0.05) is 26.2 Å². The smallest absolute Gasteiger partial charge is 0.330 e. The SMILES string of the molecule is CC(=O)N1CC[N+](=C2C=CN=C3C2C(=O)N(Cc2cc(C)ccc2C)C(=O)N3C)CC1. The second-order valence-electron chi connectivity index (χ2n) is 8.35. The van der Waals surface area contributed by atoms with Crippen molar-refractivity contribution >= 4 is 29.4 Å². The van der Waals surface area contributed by atoms with Crippen LogP contribution in [0.15, 0.2) is 35.5 Å². The number of fused-ring (bicyclic) bond motifs is 1. The van der Waals surface area contributed by atoms with Gasteiger partial charge in [0.1, 0.15) is 5.84 Å². The van der Waals surface area contributed by atoms with Gasteiger partial charge in [-0.15, -0.1) is 0 Å². The minimum absolute atomic E-state index is 0.0601. The van der Waals surface area contributed by atoms with Gasteiger partial charge in [0.15, 0.2) is 24.7 Å². The molecule has 0 N–H and O–H groups in total. The number of piperazine rings is 1. The van der Waals surface area contributed by atoms with Crippen LogP contribution in [0.5, 0.6) is 0 Å². The first kappa shape index (κ1) is 21.0. The molecule has 4 rings (SSSR count). The topological polar surface area (TPSA) is 76.3 Å². The number of imide groups is 1. The highest BCUT2D eigenvalue weighted by atomic mass is 16.2. The first-order valence-corrected chi connectivity index (χ1v) is 10.5. The van der Waals surface area contributed by atoms with Gasteiger partial charge in [-0.1, -0.05) is 23.8 Å². The van der Waals surface area contributed by atoms with Crippen LogP contribution < -0.4 is 0 Å². The number of carbonyl (C=O) groups is 3. The summed E-state index contributed by atoms with van der Waals surface area (Å²) in [5.74, 6) is -0.360. The van der Waals surface area contributed by atoms with Crippen molar-refractivity contribution in [2.75, 3.05) is 33.2 Å². The van der Waals surface area contributed by atoms with E-state index in [0.29, 0.717) is 32.0 Å². The van der Waals surface area contributed by atoms with Gasteiger partial charge in [0.25, 0.3) is 5.91 Å². The Kier molecular flexibility index (Phi) is 5.47. The molecule has 1 atom stereocenters. The molecule has 31 heavy (non-hydrogen) atoms. The number of rotatable bonds is 2. The van der Waals surface area contributed by atoms with Gasteiger partial charge in [-0.25, -0.2) is 14.4 Å². The molecule has 2 fully saturated rings. The summed E-state index contributed by atoms with van der Waals surface area (Å²) in [7, 11) is 1.67. The minimum atomic E-state index is -0.623. The molecule has 1 aromatic rings. The second kappa shape index (κ2) is 8.09. The molecule has 4 amide bonds. The Hall–Kier alpha value is -3.29. The van der Waals surface area contributed by atoms with Crippen molar-refractivity contribution in [1.29, 1.82) is 0 Å². The first-order chi connectivity index (χ1) is 14.8. The Morgan fingerprint density at radius 3 is 2.58 bits per heavy atom. The molecule has 0 radical (unpaired) electrons. The number of hydrogen-bond donors (Lipinski definition) is 0. The molecule has 162 valence electrons. The third-order valence-corrected chi connectivity index (χ3v) is 6.30. The van der Waals surface area contributed by atoms with Crippen molar-refractivity contribution in [2.24, 2.45) is 10.9 Å². The molecule has 8 heteroatoms. The van der Waals surface area contributed by atoms with E-state index in [4.69, 9.17) is 0 Å². The number of benzene rings is 1. The van der Waals surface area contributed by atoms with E-state index in [0.717, 1.165) is 22.4 Å². The van der Waals surface area contributed by atoms with Crippen molar-refractivity contribution in [1.82, 2.24) is 14.7 Å². The van der Waals surface area contributed by atoms with Crippen molar-refractivity contribution < 1.29 is 19.0 Å². The van der Waals surface area contributed by atoms with E-state index >= 15 is 0 Å². The van der Waals surface area contributed by atoms with Gasteiger partial charge in [-0.3, -0.25) is 19.4 Å². The highest BCUT2D eigenvalue weighted by Gasteiger charge is 2.48. The zero-order valence-corrected chi connectivity index (χ0v) is 18.5. The van der Waals surface area contributed by atoms with Crippen LogP contribution in [-0.4, -0.2) is 81.9 Å². The summed E-state index contributed by atoms with van der Waals surface area (Å²) in [6.07, 6.45) is 3.51. The number of aryl methyl sites for hydroxylation is 2. The summed E-state index contributed by atoms with van der Waals surface area (Å²) in [6, 6.07) is 5.69. The predicted octanol–water partition coefficient (Wildman–Crippen LogP) is 1.56. The summed E-state index contributed by atoms with van der Waals surface area (Å²) in [5, 5.41) is 0. The monoisotopic (exact) mass is 422 g/mol. The van der Waals surface area contributed by atoms with Crippen LogP contribution in [0.4, 0.5) is 4.79 Å². The molecule has 3 aliphatic heterocycles. The number of amidine groups is 1. The Bertz CT molecular complexity index is 1050. The lowest BCUT2D eigenvalue weighted by Gasteiger charge is -2.38. The minimum Gasteiger partial charge on any atom is -0.330 e. The van der Waals surface area contributed by atoms with Gasteiger partial charge >= 0.3 is 6.03 Å². The lowest BCUT2D eigenvalue weighted by Crippen LogP contribution is -2.61. The fourth-order valence-electron chi connectivity index (χ4n) is 4.39. The zero-order valence-electron chi connectivity index (χ0n) is 18.5. The third-order valence-electron chi connectivity index (χ3n) is 6.30. The molecule has 3 heterocycles. The van der Waals surface area contributed by atoms with Crippen LogP contribution in [0.3, 0.4) is 0 Å². The molecule has 0 spiro atoms. The van der Waals surface area contributed by atoms with E-state index in [2.05, 4.69) is 9.57 Å². The molecule has 0 bridgehead atoms. The maximum absolute atomic E-state index is 13.6. The summed E-state index contributed by atoms with van der Waals surface area (Å²) in [4.78, 5) is 47.3. The van der Waals surface area contributed by atoms with Gasteiger partial charge in [-0.2, -0.15) is 0 Å². The quantitative estimate of drug-likeness (QED) is 0.679. The van der Waals surface area contributed by atoms with E-state index < -0.39 is 5.92 Å². The Balaban J connectivity index is 1.67. The summed E-state index contributed by atoms with van der Waals surface area (Å²) in [6.45, 7) is 8.30. The largest absolute Gasteiger partial charge is 0.332 e. The molecule has 0 aromatic heterocycles. The maximum Gasteiger partial charge on any atom is 0.332 e. The Morgan fingerprint density at radius 2 is 1.90 bits per heavy atom. The molecule has 8 nitrogen and oxygen atoms in total. The highest BCUT2D eigenvalue weighted by molar-refractivity contribution is 6.30. The van der Waals surface area contributed by atoms with Crippen molar-refractivity contribution in [3.05, 3.63) is 47.2 Å². The van der Waals surface area contributed by atoms with Gasteiger partial charge < -0.3 is 4.90 Å². The van der Waals surface area contributed by atoms with Gasteiger partial charge in [-0.05, 0) is 25.0 Å². The van der Waals surface area contributed by atoms with Gasteiger partial charge in [0.2, 0.25) is 5.91 Å². The van der Waals surface area contributed by atoms with E-state index in [1.807, 2.05) is 43.0 Å². The lowest BCUT2D eigenvalue weighted by molar-refractivity contribution is -0.538. The maximum atomic E-state index is 13.6. The van der Waals surface area contributed by atoms with E-state index in [1.165, 1.54) is 9.80 Å². The fourth-order valence-corrected chi connectivity index (χ4v) is 4.39. The van der Waals surface area contributed by atoms with Crippen LogP contribution in [-0.2, 0) is 16.1 Å². The zero-order chi connectivity index (χ0) is 22.3. The number of allylic oxidation sites excluding steroid dienone is 1. The number of nitrogens with zero attached hydrogens (tertiary/aromatic N) is 5. The molecule has 1 unspecified atom stereocenters. The van der Waals surface area contributed by atoms with E-state index in [-0.39, 0.29) is 24.4 Å². The van der Waals surface area contributed by atoms with Crippen LogP contribution in [0.25, 0.3) is 0 Å². The lowest BCUT2D eigenvalue weighted by atomic mass is 9.93. The highest BCUT2D eigenvalue weighted by Crippen LogP contribution is 2.26. The predicted molar refractivity (Wildman–Crippen MR) is 117 cm³/mol. The average Bonchev–Trinajstić information content (AvgIpc) is 2.77. The second-order valence-corrected chi connectivity index (χ2v) is 8.35. The molecule has 3 aliphatic rings. The number of hydrogen-bond acceptors (Lipinski definition) is 4. The number of carbonyl (C=O) groups excluding carboxylic acids is 3. The van der Waals surface area contributed by atoms with Gasteiger partial charge in [0.05, 0.1) is 19.6 Å². The molecule has 0 saturated carbocycles. The van der Waals surface area contributed by atoms with Crippen molar-refractivity contribution in [3.8, 4) is 0 Å². The number of aliphatic imine (C=N–C) groups is 1. The van der Waals surface area contributed by atoms with Crippen molar-refractivity contribution in [2.45, 2.75) is 27.3 Å². The van der Waals surface area contributed by atoms with Crippen molar-refractivity contribution in [3.63, 3.8) is 0 Å². The Morgan fingerprint density at radius 1 is 1.19 bits per heavy atom. The molecular weight excluding hydrogens is 394 g/mol. The summed E-state index contributed by atoms with van der Waals surface area (Å²) in [5.41, 5.74) is 3.92. The number of urea groups is 1. The molecule has 1 aromatic carbocycles. The fraction of sp³-hybridized carbons (Fsp3) is 0.435. The normalized spacial score (nSPS) is 21.5. The molecular formula is C23H28N5O3+. The van der Waals surface area contributed by atoms with Crippen LogP contribution in [0.1, 0.15) is 23.6 Å². The summed E-state index contributed by atoms with van der Waals surface area (Å²) < 4.78 is 2.13. The van der Waals surface area contributed by atoms with Crippen LogP contribution in [0, 0.1) is 19.8 Å². The molecule has 0 aliphatic carbocycles. The third kappa shape index (κ3) is 3.78. The molecule has 2 saturated heterocycles. The van der Waals surface area contributed by atoms with Crippen LogP contribution >= 0.6 is 0 Å². The Labute approximate surface area is 182 Å². The van der Waals surface area contributed by atoms with E-state index in [1.54, 1.807) is 20.2 Å². The summed E-state index contributed by atoms with van der Waals surface area (Å²) >= 11 is 0.